The van der Waals surface area contributed by atoms with Crippen LogP contribution in [0.15, 0.2) is 48.5 Å². The smallest absolute Gasteiger partial charge is 0.282 e. The Morgan fingerprint density at radius 3 is 2.61 bits per heavy atom. The van der Waals surface area contributed by atoms with E-state index in [1.165, 1.54) is 12.1 Å². The Kier molecular flexibility index (Phi) is 5.43. The largest absolute Gasteiger partial charge is 0.391 e. The van der Waals surface area contributed by atoms with Crippen molar-refractivity contribution in [3.05, 3.63) is 75.3 Å². The van der Waals surface area contributed by atoms with Crippen LogP contribution >= 0.6 is 0 Å². The Morgan fingerprint density at radius 2 is 1.96 bits per heavy atom. The van der Waals surface area contributed by atoms with Crippen molar-refractivity contribution in [3.8, 4) is 0 Å². The molecular weight excluding hydrogens is 296 g/mol. The molecule has 0 heterocycles. The summed E-state index contributed by atoms with van der Waals surface area (Å²) in [4.78, 5) is 22.6. The van der Waals surface area contributed by atoms with E-state index in [1.54, 1.807) is 13.0 Å². The van der Waals surface area contributed by atoms with Crippen LogP contribution in [0.25, 0.3) is 0 Å². The average Bonchev–Trinajstić information content (AvgIpc) is 2.53. The summed E-state index contributed by atoms with van der Waals surface area (Å²) in [5.74, 6) is -0.562. The molecule has 0 bridgehead atoms. The minimum Gasteiger partial charge on any atom is -0.391 e. The van der Waals surface area contributed by atoms with Crippen molar-refractivity contribution in [1.29, 1.82) is 0 Å². The van der Waals surface area contributed by atoms with Crippen LogP contribution < -0.4 is 5.32 Å². The zero-order valence-corrected chi connectivity index (χ0v) is 12.7. The Hall–Kier alpha value is -2.73. The van der Waals surface area contributed by atoms with E-state index in [0.717, 1.165) is 11.1 Å². The van der Waals surface area contributed by atoms with Crippen LogP contribution in [-0.2, 0) is 6.42 Å². The van der Waals surface area contributed by atoms with Gasteiger partial charge in [-0.25, -0.2) is 0 Å². The molecule has 120 valence electrons. The summed E-state index contributed by atoms with van der Waals surface area (Å²) in [6.07, 6.45) is -0.359. The first-order chi connectivity index (χ1) is 11.0. The number of carbonyl (C=O) groups is 1. The number of aliphatic hydroxyl groups excluding tert-OH is 1. The highest BCUT2D eigenvalue weighted by Crippen LogP contribution is 2.19. The SMILES string of the molecule is Cc1ccc([N+](=O)[O-])c(C(=O)NCC(O)Cc2ccccc2)c1. The van der Waals surface area contributed by atoms with Gasteiger partial charge in [0.15, 0.2) is 0 Å². The maximum atomic E-state index is 12.2. The first-order valence-electron chi connectivity index (χ1n) is 7.22. The van der Waals surface area contributed by atoms with Gasteiger partial charge >= 0.3 is 0 Å². The van der Waals surface area contributed by atoms with Gasteiger partial charge in [0, 0.05) is 19.0 Å². The van der Waals surface area contributed by atoms with Gasteiger partial charge in [0.1, 0.15) is 5.56 Å². The van der Waals surface area contributed by atoms with Crippen molar-refractivity contribution in [2.24, 2.45) is 0 Å². The van der Waals surface area contributed by atoms with E-state index in [9.17, 15) is 20.0 Å². The third-order valence-electron chi connectivity index (χ3n) is 3.41. The summed E-state index contributed by atoms with van der Waals surface area (Å²) in [5.41, 5.74) is 1.47. The number of rotatable bonds is 6. The van der Waals surface area contributed by atoms with Crippen molar-refractivity contribution >= 4 is 11.6 Å². The molecule has 0 aliphatic rings. The normalized spacial score (nSPS) is 11.7. The number of nitro groups is 1. The van der Waals surface area contributed by atoms with Crippen LogP contribution in [0.2, 0.25) is 0 Å². The highest BCUT2D eigenvalue weighted by Gasteiger charge is 2.20. The zero-order valence-electron chi connectivity index (χ0n) is 12.7. The third kappa shape index (κ3) is 4.62. The van der Waals surface area contributed by atoms with Gasteiger partial charge in [-0.15, -0.1) is 0 Å². The van der Waals surface area contributed by atoms with Crippen LogP contribution in [0.5, 0.6) is 0 Å². The van der Waals surface area contributed by atoms with E-state index in [-0.39, 0.29) is 17.8 Å². The van der Waals surface area contributed by atoms with Crippen molar-refractivity contribution in [2.75, 3.05) is 6.54 Å². The number of nitro benzene ring substituents is 1. The van der Waals surface area contributed by atoms with E-state index in [0.29, 0.717) is 6.42 Å². The molecule has 2 aromatic carbocycles. The van der Waals surface area contributed by atoms with Crippen LogP contribution in [-0.4, -0.2) is 28.6 Å². The molecule has 0 saturated heterocycles. The lowest BCUT2D eigenvalue weighted by Gasteiger charge is -2.12. The molecule has 0 saturated carbocycles. The number of aliphatic hydroxyl groups is 1. The molecule has 0 aliphatic heterocycles. The number of carbonyl (C=O) groups excluding carboxylic acids is 1. The number of hydrogen-bond acceptors (Lipinski definition) is 4. The van der Waals surface area contributed by atoms with Gasteiger partial charge in [-0.2, -0.15) is 0 Å². The fourth-order valence-electron chi connectivity index (χ4n) is 2.26. The fraction of sp³-hybridized carbons (Fsp3) is 0.235. The summed E-state index contributed by atoms with van der Waals surface area (Å²) in [6, 6.07) is 13.8. The maximum Gasteiger partial charge on any atom is 0.282 e. The standard InChI is InChI=1S/C17H18N2O4/c1-12-7-8-16(19(22)23)15(9-12)17(21)18-11-14(20)10-13-5-3-2-4-6-13/h2-9,14,20H,10-11H2,1H3,(H,18,21). The highest BCUT2D eigenvalue weighted by atomic mass is 16.6. The molecule has 0 spiro atoms. The Balaban J connectivity index is 1.99. The zero-order chi connectivity index (χ0) is 16.8. The fourth-order valence-corrected chi connectivity index (χ4v) is 2.26. The minimum absolute atomic E-state index is 0.00177. The first-order valence-corrected chi connectivity index (χ1v) is 7.22. The molecule has 2 rings (SSSR count). The molecule has 2 N–H and O–H groups in total. The van der Waals surface area contributed by atoms with E-state index in [1.807, 2.05) is 30.3 Å². The number of aryl methyl sites for hydroxylation is 1. The molecule has 6 nitrogen and oxygen atoms in total. The molecule has 6 heteroatoms. The number of nitrogens with zero attached hydrogens (tertiary/aromatic N) is 1. The number of nitrogens with one attached hydrogen (secondary N) is 1. The predicted molar refractivity (Wildman–Crippen MR) is 86.3 cm³/mol. The van der Waals surface area contributed by atoms with E-state index in [2.05, 4.69) is 5.32 Å². The summed E-state index contributed by atoms with van der Waals surface area (Å²) >= 11 is 0. The Bertz CT molecular complexity index is 701. The van der Waals surface area contributed by atoms with Gasteiger partial charge in [0.2, 0.25) is 0 Å². The van der Waals surface area contributed by atoms with Crippen LogP contribution in [0, 0.1) is 17.0 Å². The van der Waals surface area contributed by atoms with Gasteiger partial charge in [0.05, 0.1) is 11.0 Å². The molecule has 0 fully saturated rings. The molecule has 1 unspecified atom stereocenters. The van der Waals surface area contributed by atoms with E-state index in [4.69, 9.17) is 0 Å². The second-order valence-corrected chi connectivity index (χ2v) is 5.33. The summed E-state index contributed by atoms with van der Waals surface area (Å²) in [7, 11) is 0. The molecular formula is C17H18N2O4. The predicted octanol–water partition coefficient (Wildman–Crippen LogP) is 2.24. The van der Waals surface area contributed by atoms with Crippen molar-refractivity contribution in [3.63, 3.8) is 0 Å². The second kappa shape index (κ2) is 7.51. The van der Waals surface area contributed by atoms with Gasteiger partial charge in [-0.1, -0.05) is 36.4 Å². The van der Waals surface area contributed by atoms with Crippen LogP contribution in [0.1, 0.15) is 21.5 Å². The van der Waals surface area contributed by atoms with Gasteiger partial charge in [0.25, 0.3) is 11.6 Å². The molecule has 1 atom stereocenters. The Morgan fingerprint density at radius 1 is 1.26 bits per heavy atom. The third-order valence-corrected chi connectivity index (χ3v) is 3.41. The molecule has 1 amide bonds. The molecule has 0 aliphatic carbocycles. The minimum atomic E-state index is -0.759. The van der Waals surface area contributed by atoms with Crippen LogP contribution in [0.4, 0.5) is 5.69 Å². The summed E-state index contributed by atoms with van der Waals surface area (Å²) in [6.45, 7) is 1.78. The van der Waals surface area contributed by atoms with E-state index >= 15 is 0 Å². The summed E-state index contributed by atoms with van der Waals surface area (Å²) in [5, 5.41) is 23.5. The lowest BCUT2D eigenvalue weighted by molar-refractivity contribution is -0.385. The van der Waals surface area contributed by atoms with Crippen molar-refractivity contribution in [2.45, 2.75) is 19.4 Å². The van der Waals surface area contributed by atoms with Crippen LogP contribution in [0.3, 0.4) is 0 Å². The topological polar surface area (TPSA) is 92.5 Å². The molecule has 0 aromatic heterocycles. The Labute approximate surface area is 133 Å². The number of benzene rings is 2. The van der Waals surface area contributed by atoms with Gasteiger partial charge in [-0.3, -0.25) is 14.9 Å². The number of amides is 1. The average molecular weight is 314 g/mol. The van der Waals surface area contributed by atoms with Gasteiger partial charge in [-0.05, 0) is 24.1 Å². The molecule has 0 radical (unpaired) electrons. The first kappa shape index (κ1) is 16.6. The highest BCUT2D eigenvalue weighted by molar-refractivity contribution is 5.98. The van der Waals surface area contributed by atoms with E-state index < -0.39 is 16.9 Å². The number of hydrogen-bond donors (Lipinski definition) is 2. The summed E-state index contributed by atoms with van der Waals surface area (Å²) < 4.78 is 0. The molecule has 23 heavy (non-hydrogen) atoms. The quantitative estimate of drug-likeness (QED) is 0.631. The van der Waals surface area contributed by atoms with Gasteiger partial charge < -0.3 is 10.4 Å². The maximum absolute atomic E-state index is 12.2. The second-order valence-electron chi connectivity index (χ2n) is 5.33. The monoisotopic (exact) mass is 314 g/mol. The molecule has 2 aromatic rings. The van der Waals surface area contributed by atoms with Crippen molar-refractivity contribution < 1.29 is 14.8 Å². The lowest BCUT2D eigenvalue weighted by Crippen LogP contribution is -2.33. The lowest BCUT2D eigenvalue weighted by atomic mass is 10.1. The van der Waals surface area contributed by atoms with Crippen molar-refractivity contribution in [1.82, 2.24) is 5.32 Å².